The van der Waals surface area contributed by atoms with Crippen LogP contribution in [0.1, 0.15) is 5.56 Å². The normalized spacial score (nSPS) is 11.1. The van der Waals surface area contributed by atoms with Gasteiger partial charge in [0.15, 0.2) is 0 Å². The molecule has 1 rings (SSSR count). The van der Waals surface area contributed by atoms with Crippen molar-refractivity contribution in [2.24, 2.45) is 5.73 Å². The molecule has 0 spiro atoms. The van der Waals surface area contributed by atoms with Crippen molar-refractivity contribution in [3.63, 3.8) is 0 Å². The van der Waals surface area contributed by atoms with Crippen LogP contribution in [0.25, 0.3) is 5.70 Å². The minimum atomic E-state index is -0.535. The van der Waals surface area contributed by atoms with E-state index < -0.39 is 5.97 Å². The molecule has 0 aromatic heterocycles. The number of benzene rings is 1. The maximum atomic E-state index is 12.5. The van der Waals surface area contributed by atoms with E-state index in [0.29, 0.717) is 5.56 Å². The molecule has 3 nitrogen and oxygen atoms in total. The van der Waals surface area contributed by atoms with Gasteiger partial charge < -0.3 is 10.5 Å². The fourth-order valence-electron chi connectivity index (χ4n) is 0.912. The Morgan fingerprint density at radius 2 is 2.00 bits per heavy atom. The Morgan fingerprint density at radius 1 is 1.43 bits per heavy atom. The van der Waals surface area contributed by atoms with Gasteiger partial charge >= 0.3 is 5.97 Å². The van der Waals surface area contributed by atoms with Crippen LogP contribution < -0.4 is 5.73 Å². The van der Waals surface area contributed by atoms with Crippen molar-refractivity contribution >= 4 is 11.7 Å². The molecular weight excluding hydrogens is 185 g/mol. The van der Waals surface area contributed by atoms with E-state index in [-0.39, 0.29) is 11.5 Å². The molecule has 0 amide bonds. The van der Waals surface area contributed by atoms with Gasteiger partial charge in [0, 0.05) is 11.8 Å². The van der Waals surface area contributed by atoms with E-state index in [9.17, 15) is 9.18 Å². The number of rotatable bonds is 2. The Hall–Kier alpha value is -1.84. The molecule has 74 valence electrons. The lowest BCUT2D eigenvalue weighted by Crippen LogP contribution is -2.02. The quantitative estimate of drug-likeness (QED) is 0.571. The first kappa shape index (κ1) is 10.2. The van der Waals surface area contributed by atoms with Gasteiger partial charge in [-0.05, 0) is 17.7 Å². The summed E-state index contributed by atoms with van der Waals surface area (Å²) >= 11 is 0. The van der Waals surface area contributed by atoms with E-state index in [0.717, 1.165) is 6.08 Å². The molecule has 0 radical (unpaired) electrons. The van der Waals surface area contributed by atoms with Crippen molar-refractivity contribution in [3.05, 3.63) is 41.7 Å². The summed E-state index contributed by atoms with van der Waals surface area (Å²) in [6, 6.07) is 5.52. The molecule has 0 saturated heterocycles. The van der Waals surface area contributed by atoms with Crippen molar-refractivity contribution in [1.29, 1.82) is 0 Å². The summed E-state index contributed by atoms with van der Waals surface area (Å²) in [5.41, 5.74) is 6.39. The Morgan fingerprint density at radius 3 is 2.50 bits per heavy atom. The minimum Gasteiger partial charge on any atom is -0.466 e. The van der Waals surface area contributed by atoms with Gasteiger partial charge in [0.05, 0.1) is 7.11 Å². The predicted octanol–water partition coefficient (Wildman–Crippen LogP) is 1.30. The number of ether oxygens (including phenoxy) is 1. The van der Waals surface area contributed by atoms with Gasteiger partial charge in [-0.2, -0.15) is 0 Å². The standard InChI is InChI=1S/C10H10FNO2/c1-14-10(13)6-9(12)7-2-4-8(11)5-3-7/h2-6H,12H2,1H3/b9-6-. The number of esters is 1. The number of methoxy groups -OCH3 is 1. The molecule has 1 aromatic rings. The Balaban J connectivity index is 2.89. The fraction of sp³-hybridized carbons (Fsp3) is 0.100. The number of carbonyl (C=O) groups is 1. The van der Waals surface area contributed by atoms with Crippen molar-refractivity contribution in [2.45, 2.75) is 0 Å². The molecule has 0 aliphatic heterocycles. The summed E-state index contributed by atoms with van der Waals surface area (Å²) in [5, 5.41) is 0. The van der Waals surface area contributed by atoms with E-state index in [2.05, 4.69) is 4.74 Å². The zero-order valence-electron chi connectivity index (χ0n) is 7.66. The van der Waals surface area contributed by atoms with Crippen LogP contribution in [0.15, 0.2) is 30.3 Å². The molecule has 0 heterocycles. The lowest BCUT2D eigenvalue weighted by atomic mass is 10.1. The van der Waals surface area contributed by atoms with Gasteiger partial charge in [-0.3, -0.25) is 0 Å². The SMILES string of the molecule is COC(=O)/C=C(\N)c1ccc(F)cc1. The maximum absolute atomic E-state index is 12.5. The van der Waals surface area contributed by atoms with Crippen LogP contribution in [0.4, 0.5) is 4.39 Å². The van der Waals surface area contributed by atoms with E-state index in [1.54, 1.807) is 0 Å². The van der Waals surface area contributed by atoms with E-state index in [1.807, 2.05) is 0 Å². The third kappa shape index (κ3) is 2.58. The molecule has 4 heteroatoms. The monoisotopic (exact) mass is 195 g/mol. The molecule has 0 fully saturated rings. The number of halogens is 1. The summed E-state index contributed by atoms with van der Waals surface area (Å²) in [7, 11) is 1.26. The summed E-state index contributed by atoms with van der Waals surface area (Å²) in [5.74, 6) is -0.883. The van der Waals surface area contributed by atoms with Crippen LogP contribution >= 0.6 is 0 Å². The second-order valence-electron chi connectivity index (χ2n) is 2.63. The Bertz CT molecular complexity index is 357. The first-order chi connectivity index (χ1) is 6.63. The molecule has 2 N–H and O–H groups in total. The lowest BCUT2D eigenvalue weighted by Gasteiger charge is -2.00. The Labute approximate surface area is 81.0 Å². The molecule has 0 atom stereocenters. The smallest absolute Gasteiger partial charge is 0.332 e. The van der Waals surface area contributed by atoms with Gasteiger partial charge in [0.1, 0.15) is 5.82 Å². The first-order valence-corrected chi connectivity index (χ1v) is 3.94. The van der Waals surface area contributed by atoms with Gasteiger partial charge in [0.2, 0.25) is 0 Å². The largest absolute Gasteiger partial charge is 0.466 e. The average Bonchev–Trinajstić information content (AvgIpc) is 2.18. The molecule has 14 heavy (non-hydrogen) atoms. The summed E-state index contributed by atoms with van der Waals surface area (Å²) in [6.07, 6.45) is 1.15. The van der Waals surface area contributed by atoms with Crippen molar-refractivity contribution in [3.8, 4) is 0 Å². The minimum absolute atomic E-state index is 0.247. The molecule has 1 aromatic carbocycles. The molecular formula is C10H10FNO2. The first-order valence-electron chi connectivity index (χ1n) is 3.94. The summed E-state index contributed by atoms with van der Waals surface area (Å²) < 4.78 is 16.9. The van der Waals surface area contributed by atoms with Crippen LogP contribution in [0.5, 0.6) is 0 Å². The molecule has 0 aliphatic carbocycles. The van der Waals surface area contributed by atoms with Gasteiger partial charge in [-0.15, -0.1) is 0 Å². The number of hydrogen-bond donors (Lipinski definition) is 1. The highest BCUT2D eigenvalue weighted by atomic mass is 19.1. The van der Waals surface area contributed by atoms with Crippen LogP contribution in [-0.4, -0.2) is 13.1 Å². The van der Waals surface area contributed by atoms with E-state index >= 15 is 0 Å². The predicted molar refractivity (Wildman–Crippen MR) is 50.6 cm³/mol. The highest BCUT2D eigenvalue weighted by molar-refractivity contribution is 5.90. The van der Waals surface area contributed by atoms with Crippen molar-refractivity contribution in [2.75, 3.05) is 7.11 Å². The second-order valence-corrected chi connectivity index (χ2v) is 2.63. The van der Waals surface area contributed by atoms with Gasteiger partial charge in [-0.25, -0.2) is 9.18 Å². The van der Waals surface area contributed by atoms with Gasteiger partial charge in [-0.1, -0.05) is 12.1 Å². The third-order valence-corrected chi connectivity index (χ3v) is 1.65. The topological polar surface area (TPSA) is 52.3 Å². The second kappa shape index (κ2) is 4.41. The highest BCUT2D eigenvalue weighted by Gasteiger charge is 2.00. The molecule has 0 unspecified atom stereocenters. The number of hydrogen-bond acceptors (Lipinski definition) is 3. The van der Waals surface area contributed by atoms with Crippen LogP contribution in [0.2, 0.25) is 0 Å². The van der Waals surface area contributed by atoms with Crippen molar-refractivity contribution < 1.29 is 13.9 Å². The zero-order valence-corrected chi connectivity index (χ0v) is 7.66. The third-order valence-electron chi connectivity index (χ3n) is 1.65. The van der Waals surface area contributed by atoms with Crippen LogP contribution in [0, 0.1) is 5.82 Å². The molecule has 0 saturated carbocycles. The van der Waals surface area contributed by atoms with Crippen LogP contribution in [-0.2, 0) is 9.53 Å². The van der Waals surface area contributed by atoms with Crippen LogP contribution in [0.3, 0.4) is 0 Å². The summed E-state index contributed by atoms with van der Waals surface area (Å²) in [4.78, 5) is 10.8. The Kier molecular flexibility index (Phi) is 3.23. The maximum Gasteiger partial charge on any atom is 0.332 e. The average molecular weight is 195 g/mol. The molecule has 0 aliphatic rings. The highest BCUT2D eigenvalue weighted by Crippen LogP contribution is 2.09. The van der Waals surface area contributed by atoms with Gasteiger partial charge in [0.25, 0.3) is 0 Å². The van der Waals surface area contributed by atoms with E-state index in [1.165, 1.54) is 31.4 Å². The lowest BCUT2D eigenvalue weighted by molar-refractivity contribution is -0.134. The van der Waals surface area contributed by atoms with E-state index in [4.69, 9.17) is 5.73 Å². The zero-order chi connectivity index (χ0) is 10.6. The number of carbonyl (C=O) groups excluding carboxylic acids is 1. The fourth-order valence-corrected chi connectivity index (χ4v) is 0.912. The van der Waals surface area contributed by atoms with Crippen molar-refractivity contribution in [1.82, 2.24) is 0 Å². The summed E-state index contributed by atoms with van der Waals surface area (Å²) in [6.45, 7) is 0. The molecule has 0 bridgehead atoms. The number of nitrogens with two attached hydrogens (primary N) is 1.